The van der Waals surface area contributed by atoms with Crippen LogP contribution in [0, 0.1) is 0 Å². The van der Waals surface area contributed by atoms with Gasteiger partial charge in [-0.2, -0.15) is 9.50 Å². The summed E-state index contributed by atoms with van der Waals surface area (Å²) in [6.45, 7) is 6.52. The molecule has 4 nitrogen and oxygen atoms in total. The zero-order chi connectivity index (χ0) is 19.2. The molecule has 0 saturated heterocycles. The summed E-state index contributed by atoms with van der Waals surface area (Å²) in [6, 6.07) is 15.6. The van der Waals surface area contributed by atoms with Crippen LogP contribution >= 0.6 is 22.9 Å². The van der Waals surface area contributed by atoms with E-state index in [2.05, 4.69) is 43.0 Å². The number of aromatic nitrogens is 3. The third-order valence-corrected chi connectivity index (χ3v) is 5.69. The summed E-state index contributed by atoms with van der Waals surface area (Å²) >= 11 is 7.50. The van der Waals surface area contributed by atoms with Crippen LogP contribution in [0.1, 0.15) is 31.9 Å². The summed E-state index contributed by atoms with van der Waals surface area (Å²) in [5, 5.41) is 5.02. The van der Waals surface area contributed by atoms with Crippen molar-refractivity contribution in [1.29, 1.82) is 0 Å². The monoisotopic (exact) mass is 395 g/mol. The van der Waals surface area contributed by atoms with Gasteiger partial charge < -0.3 is 0 Å². The minimum Gasteiger partial charge on any atom is -0.266 e. The Bertz CT molecular complexity index is 1230. The Labute approximate surface area is 165 Å². The number of hydrogen-bond donors (Lipinski definition) is 0. The van der Waals surface area contributed by atoms with Crippen LogP contribution in [0.3, 0.4) is 0 Å². The molecule has 27 heavy (non-hydrogen) atoms. The molecule has 6 heteroatoms. The summed E-state index contributed by atoms with van der Waals surface area (Å²) in [6.07, 6.45) is 1.78. The van der Waals surface area contributed by atoms with Crippen molar-refractivity contribution in [3.8, 4) is 11.4 Å². The van der Waals surface area contributed by atoms with Gasteiger partial charge in [0.15, 0.2) is 5.82 Å². The first-order valence-corrected chi connectivity index (χ1v) is 9.79. The van der Waals surface area contributed by atoms with E-state index in [-0.39, 0.29) is 11.0 Å². The molecule has 0 radical (unpaired) electrons. The van der Waals surface area contributed by atoms with Gasteiger partial charge in [0.1, 0.15) is 0 Å². The van der Waals surface area contributed by atoms with E-state index in [1.165, 1.54) is 21.4 Å². The molecule has 0 spiro atoms. The van der Waals surface area contributed by atoms with E-state index in [0.717, 1.165) is 11.1 Å². The van der Waals surface area contributed by atoms with Crippen molar-refractivity contribution in [2.24, 2.45) is 0 Å². The Morgan fingerprint density at radius 2 is 1.78 bits per heavy atom. The number of fused-ring (bicyclic) bond motifs is 1. The van der Waals surface area contributed by atoms with Gasteiger partial charge in [-0.15, -0.1) is 5.10 Å². The first-order chi connectivity index (χ1) is 12.8. The maximum Gasteiger partial charge on any atom is 0.291 e. The van der Waals surface area contributed by atoms with Crippen LogP contribution < -0.4 is 10.1 Å². The molecule has 4 rings (SSSR count). The standard InChI is InChI=1S/C21H18ClN3OS/c1-21(2,3)15-10-8-13(9-11-15)18-23-20-25(24-18)19(26)17(27-20)12-14-6-4-5-7-16(14)22/h4-12H,1-3H3/b17-12-. The third kappa shape index (κ3) is 3.40. The van der Waals surface area contributed by atoms with Crippen molar-refractivity contribution in [2.45, 2.75) is 26.2 Å². The Morgan fingerprint density at radius 3 is 2.41 bits per heavy atom. The first kappa shape index (κ1) is 17.9. The second-order valence-electron chi connectivity index (χ2n) is 7.39. The van der Waals surface area contributed by atoms with Crippen LogP contribution in [0.5, 0.6) is 0 Å². The van der Waals surface area contributed by atoms with E-state index in [4.69, 9.17) is 11.6 Å². The van der Waals surface area contributed by atoms with E-state index in [9.17, 15) is 4.79 Å². The van der Waals surface area contributed by atoms with Crippen molar-refractivity contribution < 1.29 is 0 Å². The number of halogens is 1. The zero-order valence-corrected chi connectivity index (χ0v) is 16.8. The molecule has 2 heterocycles. The van der Waals surface area contributed by atoms with Crippen LogP contribution in [-0.4, -0.2) is 14.6 Å². The van der Waals surface area contributed by atoms with Crippen LogP contribution in [0.2, 0.25) is 5.02 Å². The van der Waals surface area contributed by atoms with E-state index < -0.39 is 0 Å². The average molecular weight is 396 g/mol. The van der Waals surface area contributed by atoms with Crippen molar-refractivity contribution in [2.75, 3.05) is 0 Å². The van der Waals surface area contributed by atoms with Crippen molar-refractivity contribution >= 4 is 34.0 Å². The summed E-state index contributed by atoms with van der Waals surface area (Å²) in [5.41, 5.74) is 2.86. The molecule has 0 aliphatic rings. The topological polar surface area (TPSA) is 47.3 Å². The number of rotatable bonds is 2. The molecular weight excluding hydrogens is 378 g/mol. The summed E-state index contributed by atoms with van der Waals surface area (Å²) in [4.78, 5) is 17.8. The largest absolute Gasteiger partial charge is 0.291 e. The SMILES string of the molecule is CC(C)(C)c1ccc(-c2nc3s/c(=C\c4ccccc4Cl)c(=O)n3n2)cc1. The lowest BCUT2D eigenvalue weighted by Crippen LogP contribution is -2.23. The quantitative estimate of drug-likeness (QED) is 0.508. The summed E-state index contributed by atoms with van der Waals surface area (Å²) in [7, 11) is 0. The van der Waals surface area contributed by atoms with Gasteiger partial charge in [0, 0.05) is 10.6 Å². The highest BCUT2D eigenvalue weighted by Crippen LogP contribution is 2.25. The van der Waals surface area contributed by atoms with Crippen LogP contribution in [0.4, 0.5) is 0 Å². The lowest BCUT2D eigenvalue weighted by Gasteiger charge is -2.18. The molecule has 0 fully saturated rings. The fourth-order valence-electron chi connectivity index (χ4n) is 2.81. The molecule has 2 aromatic heterocycles. The second kappa shape index (κ2) is 6.59. The molecule has 0 saturated carbocycles. The molecule has 0 N–H and O–H groups in total. The predicted octanol–water partition coefficient (Wildman–Crippen LogP) is 4.32. The van der Waals surface area contributed by atoms with E-state index in [1.54, 1.807) is 12.1 Å². The van der Waals surface area contributed by atoms with E-state index in [1.807, 2.05) is 30.3 Å². The molecule has 0 unspecified atom stereocenters. The van der Waals surface area contributed by atoms with Gasteiger partial charge in [-0.25, -0.2) is 0 Å². The zero-order valence-electron chi connectivity index (χ0n) is 15.2. The highest BCUT2D eigenvalue weighted by Gasteiger charge is 2.15. The fourth-order valence-corrected chi connectivity index (χ4v) is 3.90. The van der Waals surface area contributed by atoms with Crippen LogP contribution in [-0.2, 0) is 5.41 Å². The van der Waals surface area contributed by atoms with Crippen molar-refractivity contribution in [1.82, 2.24) is 14.6 Å². The minimum atomic E-state index is -0.181. The molecule has 0 amide bonds. The average Bonchev–Trinajstić information content (AvgIpc) is 3.16. The normalized spacial score (nSPS) is 12.8. The summed E-state index contributed by atoms with van der Waals surface area (Å²) in [5.74, 6) is 0.558. The molecule has 4 aromatic rings. The second-order valence-corrected chi connectivity index (χ2v) is 8.81. The lowest BCUT2D eigenvalue weighted by atomic mass is 9.87. The Hall–Kier alpha value is -2.50. The maximum atomic E-state index is 12.7. The van der Waals surface area contributed by atoms with Crippen molar-refractivity contribution in [3.63, 3.8) is 0 Å². The Kier molecular flexibility index (Phi) is 4.36. The van der Waals surface area contributed by atoms with Crippen LogP contribution in [0.15, 0.2) is 53.3 Å². The number of hydrogen-bond acceptors (Lipinski definition) is 4. The molecule has 0 aliphatic heterocycles. The molecule has 2 aromatic carbocycles. The predicted molar refractivity (Wildman–Crippen MR) is 112 cm³/mol. The van der Waals surface area contributed by atoms with E-state index in [0.29, 0.717) is 20.3 Å². The Balaban J connectivity index is 1.75. The van der Waals surface area contributed by atoms with Crippen molar-refractivity contribution in [3.05, 3.63) is 79.6 Å². The van der Waals surface area contributed by atoms with Gasteiger partial charge in [-0.05, 0) is 28.7 Å². The highest BCUT2D eigenvalue weighted by molar-refractivity contribution is 7.15. The number of thiazole rings is 1. The minimum absolute atomic E-state index is 0.0894. The van der Waals surface area contributed by atoms with Gasteiger partial charge in [0.25, 0.3) is 5.56 Å². The van der Waals surface area contributed by atoms with E-state index >= 15 is 0 Å². The molecule has 0 aliphatic carbocycles. The number of benzene rings is 2. The van der Waals surface area contributed by atoms with Gasteiger partial charge >= 0.3 is 0 Å². The smallest absolute Gasteiger partial charge is 0.266 e. The Morgan fingerprint density at radius 1 is 1.07 bits per heavy atom. The molecular formula is C21H18ClN3OS. The van der Waals surface area contributed by atoms with Crippen LogP contribution in [0.25, 0.3) is 22.4 Å². The van der Waals surface area contributed by atoms with Gasteiger partial charge in [-0.1, -0.05) is 86.2 Å². The van der Waals surface area contributed by atoms with Gasteiger partial charge in [-0.3, -0.25) is 4.79 Å². The molecule has 136 valence electrons. The lowest BCUT2D eigenvalue weighted by molar-refractivity contribution is 0.590. The maximum absolute atomic E-state index is 12.7. The van der Waals surface area contributed by atoms with Gasteiger partial charge in [0.05, 0.1) is 4.53 Å². The molecule has 0 bridgehead atoms. The molecule has 0 atom stereocenters. The first-order valence-electron chi connectivity index (χ1n) is 8.60. The third-order valence-electron chi connectivity index (χ3n) is 4.38. The summed E-state index contributed by atoms with van der Waals surface area (Å²) < 4.78 is 1.92. The highest BCUT2D eigenvalue weighted by atomic mass is 35.5. The number of nitrogens with zero attached hydrogens (tertiary/aromatic N) is 3. The fraction of sp³-hybridized carbons (Fsp3) is 0.190. The van der Waals surface area contributed by atoms with Gasteiger partial charge in [0.2, 0.25) is 4.96 Å².